The number of rotatable bonds is 7. The third kappa shape index (κ3) is 7.15. The zero-order chi connectivity index (χ0) is 38.6. The van der Waals surface area contributed by atoms with Crippen LogP contribution in [0.4, 0.5) is 18.9 Å². The van der Waals surface area contributed by atoms with Gasteiger partial charge in [-0.2, -0.15) is 18.3 Å². The van der Waals surface area contributed by atoms with Crippen LogP contribution in [0.2, 0.25) is 0 Å². The lowest BCUT2D eigenvalue weighted by Gasteiger charge is -2.39. The highest BCUT2D eigenvalue weighted by Crippen LogP contribution is 2.37. The van der Waals surface area contributed by atoms with Gasteiger partial charge in [0.05, 0.1) is 28.7 Å². The van der Waals surface area contributed by atoms with Crippen molar-refractivity contribution in [2.24, 2.45) is 13.0 Å². The number of hydrogen-bond acceptors (Lipinski definition) is 8. The van der Waals surface area contributed by atoms with E-state index in [1.54, 1.807) is 29.8 Å². The molecule has 5 aromatic rings. The van der Waals surface area contributed by atoms with Crippen LogP contribution in [0.1, 0.15) is 84.7 Å². The van der Waals surface area contributed by atoms with E-state index >= 15 is 0 Å². The van der Waals surface area contributed by atoms with Crippen molar-refractivity contribution in [1.82, 2.24) is 34.1 Å². The first-order chi connectivity index (χ1) is 26.3. The number of halogens is 3. The maximum Gasteiger partial charge on any atom is 0.433 e. The van der Waals surface area contributed by atoms with Crippen LogP contribution in [0.5, 0.6) is 0 Å². The molecule has 2 aliphatic heterocycles. The summed E-state index contributed by atoms with van der Waals surface area (Å²) in [6.07, 6.45) is 1.65. The summed E-state index contributed by atoms with van der Waals surface area (Å²) in [4.78, 5) is 56.4. The molecule has 1 aliphatic carbocycles. The van der Waals surface area contributed by atoms with Crippen molar-refractivity contribution in [2.75, 3.05) is 25.0 Å². The van der Waals surface area contributed by atoms with E-state index in [0.717, 1.165) is 67.4 Å². The van der Waals surface area contributed by atoms with Crippen LogP contribution in [-0.2, 0) is 22.8 Å². The van der Waals surface area contributed by atoms with Crippen molar-refractivity contribution in [3.05, 3.63) is 88.2 Å². The van der Waals surface area contributed by atoms with Crippen LogP contribution in [0.3, 0.4) is 0 Å². The number of aliphatic hydroxyl groups excluding tert-OH is 1. The van der Waals surface area contributed by atoms with E-state index < -0.39 is 35.8 Å². The Balaban J connectivity index is 0.872. The van der Waals surface area contributed by atoms with E-state index in [0.29, 0.717) is 35.6 Å². The summed E-state index contributed by atoms with van der Waals surface area (Å²) in [7, 11) is 1.68. The molecule has 1 saturated carbocycles. The monoisotopic (exact) mass is 758 g/mol. The third-order valence-corrected chi connectivity index (χ3v) is 11.5. The fourth-order valence-electron chi connectivity index (χ4n) is 8.70. The third-order valence-electron chi connectivity index (χ3n) is 11.5. The van der Waals surface area contributed by atoms with Crippen LogP contribution < -0.4 is 16.3 Å². The number of nitrogens with one attached hydrogen (secondary N) is 2. The minimum atomic E-state index is -4.65. The number of aliphatic hydroxyl groups is 1. The number of β-amino-alcohol motifs (C(OH)–C–C–N with tert-alkyl or cyclic N) is 1. The number of aryl methyl sites for hydroxylation is 1. The second-order valence-electron chi connectivity index (χ2n) is 15.0. The highest BCUT2D eigenvalue weighted by Gasteiger charge is 2.36. The number of carbonyl (C=O) groups is 3. The summed E-state index contributed by atoms with van der Waals surface area (Å²) >= 11 is 0. The van der Waals surface area contributed by atoms with Gasteiger partial charge in [-0.15, -0.1) is 0 Å². The summed E-state index contributed by atoms with van der Waals surface area (Å²) in [5.74, 6) is -1.28. The van der Waals surface area contributed by atoms with E-state index in [-0.39, 0.29) is 42.1 Å². The maximum atomic E-state index is 13.4. The Morgan fingerprint density at radius 1 is 1.00 bits per heavy atom. The number of alkyl halides is 3. The standard InChI is InChI=1S/C39H41F3N8O5/c1-47-35-27(4-2-6-30(35)50(38(47)55)31-14-15-34(52)45-37(31)54)26-16-17-48(21-32(26)51)19-22-8-11-25(12-9-22)49-20-23-18-24(10-13-28(23)46-49)43-36(53)29-5-3-7-33(44-29)39(40,41)42/h2-7,10,13,18,20,22,25-26,31-32,51H,8-9,11-12,14-17,19,21H2,1H3,(H,43,53)(H,45,52,54). The molecule has 3 unspecified atom stereocenters. The number of imide groups is 1. The van der Waals surface area contributed by atoms with Crippen molar-refractivity contribution in [2.45, 2.75) is 75.2 Å². The number of aromatic nitrogens is 5. The molecule has 288 valence electrons. The van der Waals surface area contributed by atoms with Crippen LogP contribution in [0.15, 0.2) is 65.6 Å². The SMILES string of the molecule is Cn1c(=O)n(C2CCC(=O)NC2=O)c2cccc(C3CCN(CC4CCC(n5cc6cc(NC(=O)c7cccc(C(F)(F)F)n7)ccc6n5)CC4)CC3O)c21. The van der Waals surface area contributed by atoms with Gasteiger partial charge in [0, 0.05) is 49.7 Å². The van der Waals surface area contributed by atoms with Gasteiger partial charge in [0.15, 0.2) is 0 Å². The normalized spacial score (nSPS) is 24.0. The van der Waals surface area contributed by atoms with Gasteiger partial charge in [-0.3, -0.25) is 33.5 Å². The molecule has 8 rings (SSSR count). The molecule has 3 N–H and O–H groups in total. The minimum Gasteiger partial charge on any atom is -0.391 e. The number of para-hydroxylation sites is 1. The lowest BCUT2D eigenvalue weighted by molar-refractivity contribution is -0.141. The Labute approximate surface area is 313 Å². The lowest BCUT2D eigenvalue weighted by Crippen LogP contribution is -2.45. The number of pyridine rings is 1. The van der Waals surface area contributed by atoms with Crippen molar-refractivity contribution in [3.8, 4) is 0 Å². The van der Waals surface area contributed by atoms with E-state index in [2.05, 4.69) is 20.5 Å². The summed E-state index contributed by atoms with van der Waals surface area (Å²) in [6.45, 7) is 2.18. The number of anilines is 1. The molecule has 2 saturated heterocycles. The molecule has 3 fully saturated rings. The molecule has 3 aromatic heterocycles. The number of amides is 3. The molecule has 0 spiro atoms. The first-order valence-electron chi connectivity index (χ1n) is 18.6. The Kier molecular flexibility index (Phi) is 9.57. The fraction of sp³-hybridized carbons (Fsp3) is 0.436. The highest BCUT2D eigenvalue weighted by molar-refractivity contribution is 6.04. The van der Waals surface area contributed by atoms with E-state index in [9.17, 15) is 37.5 Å². The molecule has 55 heavy (non-hydrogen) atoms. The van der Waals surface area contributed by atoms with Crippen LogP contribution in [0, 0.1) is 5.92 Å². The predicted molar refractivity (Wildman–Crippen MR) is 196 cm³/mol. The molecule has 5 heterocycles. The fourth-order valence-corrected chi connectivity index (χ4v) is 8.70. The predicted octanol–water partition coefficient (Wildman–Crippen LogP) is 4.92. The number of benzene rings is 2. The minimum absolute atomic E-state index is 0.166. The lowest BCUT2D eigenvalue weighted by atomic mass is 9.83. The van der Waals surface area contributed by atoms with Crippen LogP contribution in [0.25, 0.3) is 21.9 Å². The summed E-state index contributed by atoms with van der Waals surface area (Å²) in [5.41, 5.74) is 1.59. The molecular weight excluding hydrogens is 717 g/mol. The second-order valence-corrected chi connectivity index (χ2v) is 15.0. The summed E-state index contributed by atoms with van der Waals surface area (Å²) in [5, 5.41) is 22.0. The molecular formula is C39H41F3N8O5. The van der Waals surface area contributed by atoms with Gasteiger partial charge in [-0.05, 0) is 92.9 Å². The van der Waals surface area contributed by atoms with Gasteiger partial charge in [-0.1, -0.05) is 18.2 Å². The summed E-state index contributed by atoms with van der Waals surface area (Å²) < 4.78 is 44.2. The average Bonchev–Trinajstić information content (AvgIpc) is 3.69. The Morgan fingerprint density at radius 3 is 2.53 bits per heavy atom. The van der Waals surface area contributed by atoms with E-state index in [4.69, 9.17) is 5.10 Å². The first kappa shape index (κ1) is 36.6. The Hall–Kier alpha value is -5.35. The molecule has 0 bridgehead atoms. The maximum absolute atomic E-state index is 13.4. The molecule has 0 radical (unpaired) electrons. The zero-order valence-corrected chi connectivity index (χ0v) is 30.1. The number of likely N-dealkylation sites (tertiary alicyclic amines) is 1. The van der Waals surface area contributed by atoms with Gasteiger partial charge in [-0.25, -0.2) is 9.78 Å². The number of hydrogen-bond donors (Lipinski definition) is 3. The van der Waals surface area contributed by atoms with Gasteiger partial charge in [0.1, 0.15) is 17.4 Å². The Morgan fingerprint density at radius 2 is 1.78 bits per heavy atom. The largest absolute Gasteiger partial charge is 0.433 e. The Bertz CT molecular complexity index is 2360. The van der Waals surface area contributed by atoms with E-state index in [1.807, 2.05) is 29.1 Å². The molecule has 3 amide bonds. The smallest absolute Gasteiger partial charge is 0.391 e. The van der Waals surface area contributed by atoms with Gasteiger partial charge in [0.2, 0.25) is 11.8 Å². The van der Waals surface area contributed by atoms with Crippen LogP contribution >= 0.6 is 0 Å². The summed E-state index contributed by atoms with van der Waals surface area (Å²) in [6, 6.07) is 13.5. The van der Waals surface area contributed by atoms with Gasteiger partial charge in [0.25, 0.3) is 5.91 Å². The molecule has 16 heteroatoms. The van der Waals surface area contributed by atoms with Gasteiger partial charge >= 0.3 is 11.9 Å². The number of carbonyl (C=O) groups excluding carboxylic acids is 3. The number of nitrogens with zero attached hydrogens (tertiary/aromatic N) is 6. The van der Waals surface area contributed by atoms with E-state index in [1.165, 1.54) is 10.6 Å². The first-order valence-corrected chi connectivity index (χ1v) is 18.6. The number of fused-ring (bicyclic) bond motifs is 2. The molecule has 2 aromatic carbocycles. The van der Waals surface area contributed by atoms with Crippen molar-refractivity contribution < 1.29 is 32.7 Å². The quantitative estimate of drug-likeness (QED) is 0.198. The average molecular weight is 759 g/mol. The van der Waals surface area contributed by atoms with Crippen LogP contribution in [-0.4, -0.2) is 77.4 Å². The van der Waals surface area contributed by atoms with Crippen molar-refractivity contribution in [1.29, 1.82) is 0 Å². The topological polar surface area (TPSA) is 156 Å². The molecule has 3 atom stereocenters. The zero-order valence-electron chi connectivity index (χ0n) is 30.1. The van der Waals surface area contributed by atoms with Gasteiger partial charge < -0.3 is 15.3 Å². The second kappa shape index (κ2) is 14.4. The van der Waals surface area contributed by atoms with Crippen molar-refractivity contribution >= 4 is 45.3 Å². The van der Waals surface area contributed by atoms with Crippen molar-refractivity contribution in [3.63, 3.8) is 0 Å². The molecule has 3 aliphatic rings. The number of imidazole rings is 1. The number of piperidine rings is 2. The highest BCUT2D eigenvalue weighted by atomic mass is 19.4. The molecule has 13 nitrogen and oxygen atoms in total.